The normalized spacial score (nSPS) is 19.5. The Hall–Kier alpha value is -2.82. The van der Waals surface area contributed by atoms with Crippen LogP contribution >= 0.6 is 11.6 Å². The third-order valence-electron chi connectivity index (χ3n) is 4.91. The molecule has 1 aliphatic heterocycles. The lowest BCUT2D eigenvalue weighted by Crippen LogP contribution is -2.54. The second-order valence-electron chi connectivity index (χ2n) is 6.71. The maximum atomic E-state index is 14.2. The highest BCUT2D eigenvalue weighted by molar-refractivity contribution is 6.33. The number of benzene rings is 1. The van der Waals surface area contributed by atoms with Gasteiger partial charge in [0.25, 0.3) is 5.56 Å². The highest BCUT2D eigenvalue weighted by Crippen LogP contribution is 2.34. The van der Waals surface area contributed by atoms with Gasteiger partial charge in [-0.1, -0.05) is 17.7 Å². The number of carbonyl (C=O) groups is 1. The zero-order valence-corrected chi connectivity index (χ0v) is 16.4. The van der Waals surface area contributed by atoms with E-state index in [1.54, 1.807) is 4.90 Å². The van der Waals surface area contributed by atoms with Crippen molar-refractivity contribution in [2.24, 2.45) is 0 Å². The van der Waals surface area contributed by atoms with Crippen LogP contribution in [0.3, 0.4) is 0 Å². The van der Waals surface area contributed by atoms with E-state index in [-0.39, 0.29) is 29.4 Å². The molecule has 30 heavy (non-hydrogen) atoms. The van der Waals surface area contributed by atoms with Crippen molar-refractivity contribution in [2.45, 2.75) is 24.6 Å². The molecule has 2 N–H and O–H groups in total. The maximum absolute atomic E-state index is 14.2. The third-order valence-corrected chi connectivity index (χ3v) is 5.27. The number of piperidine rings is 1. The zero-order chi connectivity index (χ0) is 22.1. The minimum atomic E-state index is -5.08. The van der Waals surface area contributed by atoms with Crippen molar-refractivity contribution < 1.29 is 27.1 Å². The number of nitrogens with zero attached hydrogens (tertiary/aromatic N) is 2. The number of aromatic amines is 1. The van der Waals surface area contributed by atoms with Gasteiger partial charge in [-0.05, 0) is 24.1 Å². The molecule has 0 aliphatic carbocycles. The van der Waals surface area contributed by atoms with Crippen molar-refractivity contribution in [1.29, 1.82) is 0 Å². The van der Waals surface area contributed by atoms with Crippen molar-refractivity contribution in [3.05, 3.63) is 51.2 Å². The van der Waals surface area contributed by atoms with Crippen LogP contribution in [0.5, 0.6) is 5.75 Å². The predicted octanol–water partition coefficient (Wildman–Crippen LogP) is 2.61. The van der Waals surface area contributed by atoms with Gasteiger partial charge in [0.05, 0.1) is 25.0 Å². The molecule has 2 atom stereocenters. The quantitative estimate of drug-likeness (QED) is 0.702. The molecule has 7 nitrogen and oxygen atoms in total. The number of rotatable bonds is 4. The highest BCUT2D eigenvalue weighted by atomic mass is 35.5. The molecule has 2 unspecified atom stereocenters. The molecule has 3 rings (SSSR count). The Labute approximate surface area is 173 Å². The first-order valence-corrected chi connectivity index (χ1v) is 9.19. The van der Waals surface area contributed by atoms with Gasteiger partial charge in [0.1, 0.15) is 5.02 Å². The molecule has 2 heterocycles. The molecular formula is C18H17ClF4N4O3. The van der Waals surface area contributed by atoms with Crippen LogP contribution in [0, 0.1) is 5.82 Å². The Morgan fingerprint density at radius 1 is 1.40 bits per heavy atom. The van der Waals surface area contributed by atoms with Crippen molar-refractivity contribution >= 4 is 23.2 Å². The Morgan fingerprint density at radius 3 is 2.77 bits per heavy atom. The first-order chi connectivity index (χ1) is 14.1. The molecule has 1 aromatic carbocycles. The summed E-state index contributed by atoms with van der Waals surface area (Å²) in [4.78, 5) is 24.9. The first kappa shape index (κ1) is 21.9. The van der Waals surface area contributed by atoms with Gasteiger partial charge in [0.15, 0.2) is 11.6 Å². The summed E-state index contributed by atoms with van der Waals surface area (Å²) in [6.45, 7) is 0.201. The lowest BCUT2D eigenvalue weighted by atomic mass is 9.85. The Balaban J connectivity index is 1.93. The maximum Gasteiger partial charge on any atom is 0.471 e. The number of ether oxygens (including phenoxy) is 1. The summed E-state index contributed by atoms with van der Waals surface area (Å²) in [7, 11) is 1.29. The molecule has 1 fully saturated rings. The van der Waals surface area contributed by atoms with Crippen LogP contribution in [0.15, 0.2) is 29.2 Å². The lowest BCUT2D eigenvalue weighted by Gasteiger charge is -2.40. The van der Waals surface area contributed by atoms with Gasteiger partial charge >= 0.3 is 12.1 Å². The van der Waals surface area contributed by atoms with E-state index in [2.05, 4.69) is 10.2 Å². The van der Waals surface area contributed by atoms with Gasteiger partial charge in [0.2, 0.25) is 0 Å². The van der Waals surface area contributed by atoms with Crippen molar-refractivity contribution in [1.82, 2.24) is 15.5 Å². The summed E-state index contributed by atoms with van der Waals surface area (Å²) in [6.07, 6.45) is -3.54. The molecule has 0 bridgehead atoms. The summed E-state index contributed by atoms with van der Waals surface area (Å²) in [5.74, 6) is -3.39. The van der Waals surface area contributed by atoms with Gasteiger partial charge < -0.3 is 15.0 Å². The Kier molecular flexibility index (Phi) is 6.20. The van der Waals surface area contributed by atoms with Crippen LogP contribution in [0.1, 0.15) is 17.9 Å². The lowest BCUT2D eigenvalue weighted by molar-refractivity contribution is -0.174. The largest absolute Gasteiger partial charge is 0.494 e. The van der Waals surface area contributed by atoms with E-state index >= 15 is 0 Å². The standard InChI is InChI=1S/C18H17ClF4N4O3/c1-30-14-3-2-9(6-11(14)20)10-4-5-27(13-7-24-26-16(28)15(13)19)8-12(10)25-17(29)18(21,22)23/h2-3,6-7,10,12H,4-5,8H2,1H3,(H,25,29)(H,26,28). The van der Waals surface area contributed by atoms with Crippen LogP contribution in [0.25, 0.3) is 0 Å². The molecular weight excluding hydrogens is 432 g/mol. The van der Waals surface area contributed by atoms with Gasteiger partial charge in [-0.3, -0.25) is 9.59 Å². The number of nitrogens with one attached hydrogen (secondary N) is 2. The second-order valence-corrected chi connectivity index (χ2v) is 7.09. The average Bonchev–Trinajstić information content (AvgIpc) is 2.69. The minimum absolute atomic E-state index is 0.00608. The molecule has 1 amide bonds. The number of hydrogen-bond acceptors (Lipinski definition) is 5. The molecule has 1 aromatic heterocycles. The molecule has 0 saturated carbocycles. The topological polar surface area (TPSA) is 87.3 Å². The van der Waals surface area contributed by atoms with Gasteiger partial charge in [0, 0.05) is 19.0 Å². The van der Waals surface area contributed by atoms with Crippen LogP contribution in [0.4, 0.5) is 23.2 Å². The van der Waals surface area contributed by atoms with E-state index in [0.29, 0.717) is 12.1 Å². The fourth-order valence-corrected chi connectivity index (χ4v) is 3.68. The molecule has 12 heteroatoms. The number of halogens is 5. The Bertz CT molecular complexity index is 998. The fourth-order valence-electron chi connectivity index (χ4n) is 3.47. The SMILES string of the molecule is COc1ccc(C2CCN(c3cn[nH]c(=O)c3Cl)CC2NC(=O)C(F)(F)F)cc1F. The number of methoxy groups -OCH3 is 1. The van der Waals surface area contributed by atoms with Crippen LogP contribution in [-0.2, 0) is 4.79 Å². The van der Waals surface area contributed by atoms with E-state index in [1.807, 2.05) is 5.32 Å². The zero-order valence-electron chi connectivity index (χ0n) is 15.6. The van der Waals surface area contributed by atoms with Crippen molar-refractivity contribution in [3.8, 4) is 5.75 Å². The first-order valence-electron chi connectivity index (χ1n) is 8.81. The number of alkyl halides is 3. The number of hydrogen-bond donors (Lipinski definition) is 2. The summed E-state index contributed by atoms with van der Waals surface area (Å²) in [5, 5.41) is 7.63. The average molecular weight is 449 g/mol. The van der Waals surface area contributed by atoms with E-state index in [9.17, 15) is 27.2 Å². The van der Waals surface area contributed by atoms with Crippen LogP contribution in [0.2, 0.25) is 5.02 Å². The molecule has 2 aromatic rings. The molecule has 0 spiro atoms. The number of amides is 1. The minimum Gasteiger partial charge on any atom is -0.494 e. The van der Waals surface area contributed by atoms with Gasteiger partial charge in [-0.25, -0.2) is 9.49 Å². The number of aromatic nitrogens is 2. The molecule has 1 aliphatic rings. The number of anilines is 1. The predicted molar refractivity (Wildman–Crippen MR) is 100 cm³/mol. The van der Waals surface area contributed by atoms with Gasteiger partial charge in [-0.2, -0.15) is 18.3 Å². The summed E-state index contributed by atoms with van der Waals surface area (Å²) in [6, 6.07) is 3.05. The van der Waals surface area contributed by atoms with E-state index in [4.69, 9.17) is 16.3 Å². The second kappa shape index (κ2) is 8.50. The van der Waals surface area contributed by atoms with E-state index < -0.39 is 35.4 Å². The van der Waals surface area contributed by atoms with Crippen molar-refractivity contribution in [3.63, 3.8) is 0 Å². The highest BCUT2D eigenvalue weighted by Gasteiger charge is 2.42. The van der Waals surface area contributed by atoms with Crippen LogP contribution in [-0.4, -0.2) is 48.5 Å². The summed E-state index contributed by atoms with van der Waals surface area (Å²) < 4.78 is 57.6. The molecule has 162 valence electrons. The van der Waals surface area contributed by atoms with Gasteiger partial charge in [-0.15, -0.1) is 0 Å². The van der Waals surface area contributed by atoms with E-state index in [0.717, 1.165) is 0 Å². The molecule has 1 saturated heterocycles. The summed E-state index contributed by atoms with van der Waals surface area (Å²) in [5.41, 5.74) is -0.00835. The summed E-state index contributed by atoms with van der Waals surface area (Å²) >= 11 is 6.00. The van der Waals surface area contributed by atoms with Crippen molar-refractivity contribution in [2.75, 3.05) is 25.1 Å². The van der Waals surface area contributed by atoms with Crippen LogP contribution < -0.4 is 20.5 Å². The Morgan fingerprint density at radius 2 is 2.13 bits per heavy atom. The monoisotopic (exact) mass is 448 g/mol. The molecule has 0 radical (unpaired) electrons. The number of carbonyl (C=O) groups excluding carboxylic acids is 1. The number of H-pyrrole nitrogens is 1. The third kappa shape index (κ3) is 4.50. The fraction of sp³-hybridized carbons (Fsp3) is 0.389. The smallest absolute Gasteiger partial charge is 0.471 e. The van der Waals surface area contributed by atoms with E-state index in [1.165, 1.54) is 31.5 Å².